The van der Waals surface area contributed by atoms with Crippen molar-refractivity contribution in [3.8, 4) is 0 Å². The first-order valence-electron chi connectivity index (χ1n) is 6.75. The van der Waals surface area contributed by atoms with Crippen molar-refractivity contribution in [1.29, 1.82) is 0 Å². The van der Waals surface area contributed by atoms with Crippen molar-refractivity contribution in [3.05, 3.63) is 17.8 Å². The fraction of sp³-hybridized carbons (Fsp3) is 0.571. The molecule has 1 aliphatic heterocycles. The van der Waals surface area contributed by atoms with Gasteiger partial charge in [0.2, 0.25) is 0 Å². The molecular formula is C14H21N3O2. The van der Waals surface area contributed by atoms with Crippen molar-refractivity contribution < 1.29 is 9.53 Å². The lowest BCUT2D eigenvalue weighted by atomic mass is 9.98. The van der Waals surface area contributed by atoms with Gasteiger partial charge in [0.05, 0.1) is 24.4 Å². The molecule has 0 aromatic carbocycles. The van der Waals surface area contributed by atoms with Crippen LogP contribution >= 0.6 is 0 Å². The number of carbonyl (C=O) groups excluding carboxylic acids is 1. The van der Waals surface area contributed by atoms with E-state index in [0.29, 0.717) is 18.8 Å². The van der Waals surface area contributed by atoms with Crippen molar-refractivity contribution in [1.82, 2.24) is 4.98 Å². The number of aromatic nitrogens is 1. The zero-order chi connectivity index (χ0) is 13.8. The minimum absolute atomic E-state index is 0.0478. The van der Waals surface area contributed by atoms with Crippen molar-refractivity contribution in [2.24, 2.45) is 5.92 Å². The predicted molar refractivity (Wildman–Crippen MR) is 75.0 cm³/mol. The van der Waals surface area contributed by atoms with Gasteiger partial charge < -0.3 is 15.4 Å². The second-order valence-corrected chi connectivity index (χ2v) is 4.94. The molecule has 1 atom stereocenters. The predicted octanol–water partition coefficient (Wildman–Crippen LogP) is 1.75. The van der Waals surface area contributed by atoms with Gasteiger partial charge in [-0.15, -0.1) is 0 Å². The zero-order valence-electron chi connectivity index (χ0n) is 11.6. The van der Waals surface area contributed by atoms with Crippen LogP contribution in [0.4, 0.5) is 11.5 Å². The topological polar surface area (TPSA) is 68.5 Å². The zero-order valence-corrected chi connectivity index (χ0v) is 11.6. The Morgan fingerprint density at radius 2 is 2.42 bits per heavy atom. The summed E-state index contributed by atoms with van der Waals surface area (Å²) in [5.41, 5.74) is 7.49. The molecule has 1 aromatic rings. The lowest BCUT2D eigenvalue weighted by Gasteiger charge is -2.32. The molecule has 0 bridgehead atoms. The molecule has 0 radical (unpaired) electrons. The molecule has 2 heterocycles. The second kappa shape index (κ2) is 5.91. The number of esters is 1. The molecule has 1 fully saturated rings. The molecule has 104 valence electrons. The third-order valence-electron chi connectivity index (χ3n) is 3.50. The van der Waals surface area contributed by atoms with Crippen LogP contribution in [0.1, 0.15) is 25.3 Å². The molecule has 1 saturated heterocycles. The van der Waals surface area contributed by atoms with Gasteiger partial charge in [0.1, 0.15) is 5.82 Å². The number of nitrogens with zero attached hydrogens (tertiary/aromatic N) is 2. The first kappa shape index (κ1) is 13.6. The minimum Gasteiger partial charge on any atom is -0.466 e. The number of piperidine rings is 1. The van der Waals surface area contributed by atoms with Crippen LogP contribution < -0.4 is 10.6 Å². The molecule has 5 nitrogen and oxygen atoms in total. The van der Waals surface area contributed by atoms with Gasteiger partial charge in [-0.25, -0.2) is 4.98 Å². The van der Waals surface area contributed by atoms with Crippen molar-refractivity contribution in [3.63, 3.8) is 0 Å². The lowest BCUT2D eigenvalue weighted by molar-refractivity contribution is -0.148. The average molecular weight is 263 g/mol. The standard InChI is InChI=1S/C14H21N3O2/c1-3-19-14(18)11-5-4-6-17(9-11)13-7-10(2)12(15)8-16-13/h7-8,11H,3-6,9,15H2,1-2H3. The third kappa shape index (κ3) is 3.16. The summed E-state index contributed by atoms with van der Waals surface area (Å²) in [7, 11) is 0. The van der Waals surface area contributed by atoms with Crippen LogP contribution in [0.3, 0.4) is 0 Å². The van der Waals surface area contributed by atoms with Gasteiger partial charge in [0.15, 0.2) is 0 Å². The van der Waals surface area contributed by atoms with Gasteiger partial charge in [-0.05, 0) is 38.3 Å². The highest BCUT2D eigenvalue weighted by atomic mass is 16.5. The van der Waals surface area contributed by atoms with E-state index in [0.717, 1.165) is 30.8 Å². The normalized spacial score (nSPS) is 19.3. The third-order valence-corrected chi connectivity index (χ3v) is 3.50. The number of nitrogens with two attached hydrogens (primary N) is 1. The summed E-state index contributed by atoms with van der Waals surface area (Å²) in [6, 6.07) is 1.98. The summed E-state index contributed by atoms with van der Waals surface area (Å²) < 4.78 is 5.10. The quantitative estimate of drug-likeness (QED) is 0.841. The maximum Gasteiger partial charge on any atom is 0.310 e. The molecular weight excluding hydrogens is 242 g/mol. The second-order valence-electron chi connectivity index (χ2n) is 4.94. The fourth-order valence-corrected chi connectivity index (χ4v) is 2.36. The first-order chi connectivity index (χ1) is 9.11. The fourth-order valence-electron chi connectivity index (χ4n) is 2.36. The molecule has 19 heavy (non-hydrogen) atoms. The molecule has 1 aliphatic rings. The van der Waals surface area contributed by atoms with E-state index < -0.39 is 0 Å². The van der Waals surface area contributed by atoms with Gasteiger partial charge in [0.25, 0.3) is 0 Å². The first-order valence-corrected chi connectivity index (χ1v) is 6.75. The number of nitrogen functional groups attached to an aromatic ring is 1. The highest BCUT2D eigenvalue weighted by Crippen LogP contribution is 2.24. The molecule has 1 aromatic heterocycles. The Morgan fingerprint density at radius 3 is 3.11 bits per heavy atom. The molecule has 1 unspecified atom stereocenters. The van der Waals surface area contributed by atoms with Crippen LogP contribution in [0.25, 0.3) is 0 Å². The van der Waals surface area contributed by atoms with Crippen LogP contribution in [0.15, 0.2) is 12.3 Å². The van der Waals surface area contributed by atoms with E-state index in [2.05, 4.69) is 9.88 Å². The molecule has 2 rings (SSSR count). The van der Waals surface area contributed by atoms with E-state index in [1.807, 2.05) is 19.9 Å². The smallest absolute Gasteiger partial charge is 0.310 e. The van der Waals surface area contributed by atoms with Gasteiger partial charge >= 0.3 is 5.97 Å². The van der Waals surface area contributed by atoms with Crippen molar-refractivity contribution in [2.75, 3.05) is 30.3 Å². The Bertz CT molecular complexity index is 462. The van der Waals surface area contributed by atoms with E-state index in [1.54, 1.807) is 6.20 Å². The number of hydrogen-bond donors (Lipinski definition) is 1. The maximum atomic E-state index is 11.8. The molecule has 0 aliphatic carbocycles. The highest BCUT2D eigenvalue weighted by molar-refractivity contribution is 5.73. The van der Waals surface area contributed by atoms with Crippen molar-refractivity contribution >= 4 is 17.5 Å². The van der Waals surface area contributed by atoms with E-state index in [4.69, 9.17) is 10.5 Å². The number of hydrogen-bond acceptors (Lipinski definition) is 5. The van der Waals surface area contributed by atoms with Crippen LogP contribution in [0.2, 0.25) is 0 Å². The van der Waals surface area contributed by atoms with Crippen LogP contribution in [0, 0.1) is 12.8 Å². The summed E-state index contributed by atoms with van der Waals surface area (Å²) in [4.78, 5) is 18.3. The Kier molecular flexibility index (Phi) is 4.24. The summed E-state index contributed by atoms with van der Waals surface area (Å²) in [5.74, 6) is 0.744. The van der Waals surface area contributed by atoms with E-state index in [1.165, 1.54) is 0 Å². The van der Waals surface area contributed by atoms with E-state index >= 15 is 0 Å². The summed E-state index contributed by atoms with van der Waals surface area (Å²) in [5, 5.41) is 0. The Balaban J connectivity index is 2.08. The van der Waals surface area contributed by atoms with Gasteiger partial charge in [-0.1, -0.05) is 0 Å². The van der Waals surface area contributed by atoms with Crippen LogP contribution in [-0.2, 0) is 9.53 Å². The van der Waals surface area contributed by atoms with Gasteiger partial charge in [-0.2, -0.15) is 0 Å². The number of carbonyl (C=O) groups is 1. The van der Waals surface area contributed by atoms with E-state index in [-0.39, 0.29) is 11.9 Å². The number of aryl methyl sites for hydroxylation is 1. The van der Waals surface area contributed by atoms with Crippen LogP contribution in [-0.4, -0.2) is 30.6 Å². The Hall–Kier alpha value is -1.78. The number of pyridine rings is 1. The molecule has 5 heteroatoms. The average Bonchev–Trinajstić information content (AvgIpc) is 2.42. The SMILES string of the molecule is CCOC(=O)C1CCCN(c2cc(C)c(N)cn2)C1. The van der Waals surface area contributed by atoms with Gasteiger partial charge in [-0.3, -0.25) is 4.79 Å². The van der Waals surface area contributed by atoms with Gasteiger partial charge in [0, 0.05) is 13.1 Å². The highest BCUT2D eigenvalue weighted by Gasteiger charge is 2.27. The Morgan fingerprint density at radius 1 is 1.63 bits per heavy atom. The number of rotatable bonds is 3. The number of ether oxygens (including phenoxy) is 1. The van der Waals surface area contributed by atoms with Crippen LogP contribution in [0.5, 0.6) is 0 Å². The summed E-state index contributed by atoms with van der Waals surface area (Å²) >= 11 is 0. The van der Waals surface area contributed by atoms with Crippen molar-refractivity contribution in [2.45, 2.75) is 26.7 Å². The monoisotopic (exact) mass is 263 g/mol. The molecule has 0 spiro atoms. The number of anilines is 2. The Labute approximate surface area is 113 Å². The maximum absolute atomic E-state index is 11.8. The molecule has 0 saturated carbocycles. The van der Waals surface area contributed by atoms with E-state index in [9.17, 15) is 4.79 Å². The minimum atomic E-state index is -0.0978. The molecule has 2 N–H and O–H groups in total. The summed E-state index contributed by atoms with van der Waals surface area (Å²) in [6.07, 6.45) is 3.55. The lowest BCUT2D eigenvalue weighted by Crippen LogP contribution is -2.39. The largest absolute Gasteiger partial charge is 0.466 e. The summed E-state index contributed by atoms with van der Waals surface area (Å²) in [6.45, 7) is 5.84. The molecule has 0 amide bonds.